The van der Waals surface area contributed by atoms with Crippen LogP contribution in [0.25, 0.3) is 23.0 Å². The van der Waals surface area contributed by atoms with Crippen LogP contribution in [0.2, 0.25) is 0 Å². The Hall–Kier alpha value is -2.95. The Labute approximate surface area is 220 Å². The van der Waals surface area contributed by atoms with E-state index in [2.05, 4.69) is 0 Å². The second kappa shape index (κ2) is 9.84. The Morgan fingerprint density at radius 2 is 1.86 bits per heavy atom. The van der Waals surface area contributed by atoms with Crippen molar-refractivity contribution in [3.8, 4) is 22.7 Å². The Morgan fingerprint density at radius 1 is 1.14 bits per heavy atom. The molecule has 10 heteroatoms. The molecule has 7 nitrogen and oxygen atoms in total. The molecule has 0 bridgehead atoms. The summed E-state index contributed by atoms with van der Waals surface area (Å²) in [6.45, 7) is 3.95. The van der Waals surface area contributed by atoms with E-state index in [0.29, 0.717) is 21.3 Å². The minimum absolute atomic E-state index is 0.0469. The molecule has 186 valence electrons. The molecule has 2 saturated heterocycles. The average Bonchev–Trinajstić information content (AvgIpc) is 3.50. The number of carbonyl (C=O) groups is 1. The summed E-state index contributed by atoms with van der Waals surface area (Å²) in [5, 5.41) is 4.83. The number of rotatable bonds is 6. The molecule has 3 heterocycles. The lowest BCUT2D eigenvalue weighted by molar-refractivity contribution is -0.123. The van der Waals surface area contributed by atoms with Crippen molar-refractivity contribution >= 4 is 50.1 Å². The van der Waals surface area contributed by atoms with Gasteiger partial charge < -0.3 is 4.74 Å². The van der Waals surface area contributed by atoms with E-state index >= 15 is 0 Å². The van der Waals surface area contributed by atoms with Gasteiger partial charge in [0.2, 0.25) is 0 Å². The van der Waals surface area contributed by atoms with Crippen LogP contribution in [0, 0.1) is 0 Å². The number of carbonyl (C=O) groups excluding carboxylic acids is 1. The molecule has 0 saturated carbocycles. The lowest BCUT2D eigenvalue weighted by atomic mass is 10.1. The van der Waals surface area contributed by atoms with Gasteiger partial charge in [-0.1, -0.05) is 42.2 Å². The third-order valence-electron chi connectivity index (χ3n) is 5.95. The lowest BCUT2D eigenvalue weighted by Crippen LogP contribution is -2.39. The first-order valence-corrected chi connectivity index (χ1v) is 14.6. The van der Waals surface area contributed by atoms with Gasteiger partial charge in [-0.25, -0.2) is 13.1 Å². The number of ether oxygens (including phenoxy) is 1. The van der Waals surface area contributed by atoms with Crippen LogP contribution in [0.3, 0.4) is 0 Å². The van der Waals surface area contributed by atoms with Crippen LogP contribution in [0.1, 0.15) is 25.8 Å². The summed E-state index contributed by atoms with van der Waals surface area (Å²) in [5.74, 6) is 0.545. The third-order valence-corrected chi connectivity index (χ3v) is 9.03. The van der Waals surface area contributed by atoms with Crippen LogP contribution in [0.15, 0.2) is 65.7 Å². The van der Waals surface area contributed by atoms with Gasteiger partial charge in [0.05, 0.1) is 39.9 Å². The van der Waals surface area contributed by atoms with E-state index in [1.165, 1.54) is 16.7 Å². The van der Waals surface area contributed by atoms with Gasteiger partial charge in [0.25, 0.3) is 5.91 Å². The van der Waals surface area contributed by atoms with Crippen LogP contribution < -0.4 is 4.74 Å². The molecule has 1 amide bonds. The maximum Gasteiger partial charge on any atom is 0.266 e. The topological polar surface area (TPSA) is 81.5 Å². The minimum atomic E-state index is -3.14. The first kappa shape index (κ1) is 24.7. The number of benzene rings is 2. The molecule has 5 rings (SSSR count). The van der Waals surface area contributed by atoms with Gasteiger partial charge in [0.1, 0.15) is 10.1 Å². The molecule has 1 unspecified atom stereocenters. The zero-order valence-electron chi connectivity index (χ0n) is 19.8. The molecule has 0 N–H and O–H groups in total. The van der Waals surface area contributed by atoms with Crippen molar-refractivity contribution in [2.45, 2.75) is 32.4 Å². The van der Waals surface area contributed by atoms with Gasteiger partial charge in [-0.05, 0) is 62.7 Å². The van der Waals surface area contributed by atoms with Crippen molar-refractivity contribution in [3.63, 3.8) is 0 Å². The van der Waals surface area contributed by atoms with Crippen LogP contribution in [0.4, 0.5) is 0 Å². The fourth-order valence-corrected chi connectivity index (χ4v) is 7.40. The first-order valence-electron chi connectivity index (χ1n) is 11.6. The number of nitrogens with zero attached hydrogens (tertiary/aromatic N) is 3. The smallest absolute Gasteiger partial charge is 0.266 e. The summed E-state index contributed by atoms with van der Waals surface area (Å²) in [6, 6.07) is 17.0. The Morgan fingerprint density at radius 3 is 2.50 bits per heavy atom. The highest BCUT2D eigenvalue weighted by molar-refractivity contribution is 8.26. The molecule has 36 heavy (non-hydrogen) atoms. The van der Waals surface area contributed by atoms with Crippen molar-refractivity contribution in [2.75, 3.05) is 11.5 Å². The molecule has 2 aliphatic heterocycles. The zero-order chi connectivity index (χ0) is 25.4. The van der Waals surface area contributed by atoms with Gasteiger partial charge in [-0.15, -0.1) is 0 Å². The van der Waals surface area contributed by atoms with Crippen molar-refractivity contribution in [2.24, 2.45) is 0 Å². The number of hydrogen-bond acceptors (Lipinski definition) is 7. The number of sulfone groups is 1. The largest absolute Gasteiger partial charge is 0.491 e. The van der Waals surface area contributed by atoms with Crippen molar-refractivity contribution in [3.05, 3.63) is 71.3 Å². The fourth-order valence-electron chi connectivity index (χ4n) is 4.31. The van der Waals surface area contributed by atoms with Gasteiger partial charge in [-0.3, -0.25) is 9.69 Å². The molecule has 0 spiro atoms. The highest BCUT2D eigenvalue weighted by atomic mass is 32.2. The Balaban J connectivity index is 1.52. The Bertz CT molecular complexity index is 1450. The van der Waals surface area contributed by atoms with Gasteiger partial charge in [0, 0.05) is 17.3 Å². The number of hydrogen-bond donors (Lipinski definition) is 0. The van der Waals surface area contributed by atoms with Crippen LogP contribution in [0.5, 0.6) is 5.75 Å². The van der Waals surface area contributed by atoms with E-state index in [-0.39, 0.29) is 23.5 Å². The first-order chi connectivity index (χ1) is 17.2. The molecule has 2 aromatic carbocycles. The number of amides is 1. The highest BCUT2D eigenvalue weighted by Crippen LogP contribution is 2.38. The van der Waals surface area contributed by atoms with E-state index in [1.54, 1.807) is 10.8 Å². The highest BCUT2D eigenvalue weighted by Gasteiger charge is 2.42. The second-order valence-electron chi connectivity index (χ2n) is 9.01. The molecule has 2 aliphatic rings. The SMILES string of the molecule is CC(C)Oc1ccc(-c2nn(-c3ccccc3)cc2C=C2SC(=S)N(C3CCS(=O)(=O)C3)C2=O)cc1. The van der Waals surface area contributed by atoms with Gasteiger partial charge in [-0.2, -0.15) is 5.10 Å². The number of aromatic nitrogens is 2. The normalized spacial score (nSPS) is 20.6. The number of para-hydroxylation sites is 1. The van der Waals surface area contributed by atoms with Crippen LogP contribution in [-0.4, -0.2) is 57.0 Å². The summed E-state index contributed by atoms with van der Waals surface area (Å²) < 4.78 is 31.9. The summed E-state index contributed by atoms with van der Waals surface area (Å²) in [4.78, 5) is 15.2. The van der Waals surface area contributed by atoms with E-state index in [9.17, 15) is 13.2 Å². The molecular formula is C26H25N3O4S3. The van der Waals surface area contributed by atoms with E-state index in [1.807, 2.05) is 74.6 Å². The van der Waals surface area contributed by atoms with Crippen molar-refractivity contribution in [1.29, 1.82) is 0 Å². The van der Waals surface area contributed by atoms with Crippen LogP contribution in [-0.2, 0) is 14.6 Å². The summed E-state index contributed by atoms with van der Waals surface area (Å²) in [5.41, 5.74) is 3.24. The fraction of sp³-hybridized carbons (Fsp3) is 0.269. The number of thioether (sulfide) groups is 1. The molecular weight excluding hydrogens is 515 g/mol. The molecule has 0 radical (unpaired) electrons. The Kier molecular flexibility index (Phi) is 6.76. The van der Waals surface area contributed by atoms with Crippen LogP contribution >= 0.6 is 24.0 Å². The average molecular weight is 540 g/mol. The molecule has 1 aromatic heterocycles. The summed E-state index contributed by atoms with van der Waals surface area (Å²) in [6.07, 6.45) is 4.16. The van der Waals surface area contributed by atoms with Gasteiger partial charge >= 0.3 is 0 Å². The van der Waals surface area contributed by atoms with E-state index in [0.717, 1.165) is 22.6 Å². The van der Waals surface area contributed by atoms with Crippen molar-refractivity contribution < 1.29 is 17.9 Å². The quantitative estimate of drug-likeness (QED) is 0.331. The standard InChI is InChI=1S/C26H25N3O4S3/c1-17(2)33-22-10-8-18(9-11-22)24-19(15-28(27-24)20-6-4-3-5-7-20)14-23-25(30)29(26(34)35-23)21-12-13-36(31,32)16-21/h3-11,14-15,17,21H,12-13,16H2,1-2H3. The van der Waals surface area contributed by atoms with E-state index in [4.69, 9.17) is 22.1 Å². The molecule has 0 aliphatic carbocycles. The monoisotopic (exact) mass is 539 g/mol. The van der Waals surface area contributed by atoms with E-state index < -0.39 is 15.9 Å². The summed E-state index contributed by atoms with van der Waals surface area (Å²) >= 11 is 6.68. The third kappa shape index (κ3) is 5.11. The van der Waals surface area contributed by atoms with Gasteiger partial charge in [0.15, 0.2) is 9.84 Å². The molecule has 1 atom stereocenters. The maximum absolute atomic E-state index is 13.3. The lowest BCUT2D eigenvalue weighted by Gasteiger charge is -2.20. The molecule has 2 fully saturated rings. The predicted octanol–water partition coefficient (Wildman–Crippen LogP) is 4.71. The zero-order valence-corrected chi connectivity index (χ0v) is 22.3. The number of thiocarbonyl (C=S) groups is 1. The van der Waals surface area contributed by atoms with Crippen molar-refractivity contribution in [1.82, 2.24) is 14.7 Å². The maximum atomic E-state index is 13.3. The summed E-state index contributed by atoms with van der Waals surface area (Å²) in [7, 11) is -3.14. The second-order valence-corrected chi connectivity index (χ2v) is 12.9. The minimum Gasteiger partial charge on any atom is -0.491 e. The predicted molar refractivity (Wildman–Crippen MR) is 147 cm³/mol. The molecule has 3 aromatic rings.